The van der Waals surface area contributed by atoms with Crippen LogP contribution in [0.2, 0.25) is 0 Å². The van der Waals surface area contributed by atoms with Gasteiger partial charge in [-0.25, -0.2) is 0 Å². The molecular weight excluding hydrogens is 352 g/mol. The summed E-state index contributed by atoms with van der Waals surface area (Å²) in [6.07, 6.45) is -0.679. The molecule has 0 aromatic heterocycles. The zero-order chi connectivity index (χ0) is 19.6. The van der Waals surface area contributed by atoms with Gasteiger partial charge in [0, 0.05) is 12.0 Å². The third-order valence-electron chi connectivity index (χ3n) is 4.47. The Hall–Kier alpha value is -3.09. The van der Waals surface area contributed by atoms with Crippen LogP contribution in [-0.4, -0.2) is 41.3 Å². The number of fused-ring (bicyclic) bond motifs is 1. The minimum atomic E-state index is -0.788. The molecule has 1 aliphatic heterocycles. The number of hydrogen-bond donors (Lipinski definition) is 0. The minimum Gasteiger partial charge on any atom is -0.497 e. The number of carbonyl (C=O) groups excluding carboxylic acids is 1. The van der Waals surface area contributed by atoms with E-state index in [1.807, 2.05) is 18.2 Å². The summed E-state index contributed by atoms with van der Waals surface area (Å²) in [6.45, 7) is 0. The van der Waals surface area contributed by atoms with Crippen LogP contribution in [0, 0.1) is 0 Å². The maximum atomic E-state index is 12.8. The van der Waals surface area contributed by atoms with Crippen LogP contribution in [0.5, 0.6) is 34.5 Å². The van der Waals surface area contributed by atoms with Crippen LogP contribution >= 0.6 is 0 Å². The zero-order valence-corrected chi connectivity index (χ0v) is 16.0. The Bertz CT molecular complexity index is 860. The first kappa shape index (κ1) is 18.7. The summed E-state index contributed by atoms with van der Waals surface area (Å²) >= 11 is 0. The molecule has 0 fully saturated rings. The van der Waals surface area contributed by atoms with Crippen LogP contribution < -0.4 is 28.4 Å². The summed E-state index contributed by atoms with van der Waals surface area (Å²) in [4.78, 5) is 12.8. The molecule has 0 N–H and O–H groups in total. The number of ketones is 1. The first-order valence-electron chi connectivity index (χ1n) is 8.31. The van der Waals surface area contributed by atoms with Crippen molar-refractivity contribution in [3.8, 4) is 34.5 Å². The number of carbonyl (C=O) groups is 1. The maximum Gasteiger partial charge on any atom is 0.211 e. The number of Topliss-reactive ketones (excluding diaryl/α,β-unsaturated/α-hetero) is 1. The molecule has 0 saturated heterocycles. The van der Waals surface area contributed by atoms with Gasteiger partial charge in [0.25, 0.3) is 0 Å². The van der Waals surface area contributed by atoms with Gasteiger partial charge in [-0.1, -0.05) is 12.1 Å². The van der Waals surface area contributed by atoms with Gasteiger partial charge in [0.2, 0.25) is 17.2 Å². The summed E-state index contributed by atoms with van der Waals surface area (Å²) in [7, 11) is 7.58. The van der Waals surface area contributed by atoms with Gasteiger partial charge < -0.3 is 28.4 Å². The van der Waals surface area contributed by atoms with Gasteiger partial charge >= 0.3 is 0 Å². The van der Waals surface area contributed by atoms with Crippen LogP contribution in [0.15, 0.2) is 24.3 Å². The smallest absolute Gasteiger partial charge is 0.211 e. The molecule has 1 aliphatic rings. The highest BCUT2D eigenvalue weighted by Gasteiger charge is 2.38. The van der Waals surface area contributed by atoms with E-state index in [-0.39, 0.29) is 12.2 Å². The Kier molecular flexibility index (Phi) is 5.30. The third kappa shape index (κ3) is 3.09. The second-order valence-corrected chi connectivity index (χ2v) is 5.86. The first-order valence-corrected chi connectivity index (χ1v) is 8.31. The average Bonchev–Trinajstić information content (AvgIpc) is 2.71. The highest BCUT2D eigenvalue weighted by Crippen LogP contribution is 2.56. The molecule has 144 valence electrons. The van der Waals surface area contributed by atoms with Crippen molar-refractivity contribution in [3.63, 3.8) is 0 Å². The molecule has 0 spiro atoms. The van der Waals surface area contributed by atoms with Crippen LogP contribution in [0.1, 0.15) is 17.2 Å². The summed E-state index contributed by atoms with van der Waals surface area (Å²) < 4.78 is 33.2. The molecule has 2 aromatic carbocycles. The first-order chi connectivity index (χ1) is 13.1. The van der Waals surface area contributed by atoms with Crippen LogP contribution in [-0.2, 0) is 11.2 Å². The van der Waals surface area contributed by atoms with Gasteiger partial charge in [0.15, 0.2) is 23.4 Å². The molecule has 0 bridgehead atoms. The normalized spacial score (nSPS) is 15.4. The van der Waals surface area contributed by atoms with E-state index in [0.29, 0.717) is 45.6 Å². The second-order valence-electron chi connectivity index (χ2n) is 5.86. The highest BCUT2D eigenvalue weighted by molar-refractivity contribution is 5.91. The van der Waals surface area contributed by atoms with E-state index >= 15 is 0 Å². The molecule has 7 nitrogen and oxygen atoms in total. The van der Waals surface area contributed by atoms with E-state index in [1.165, 1.54) is 28.4 Å². The number of hydrogen-bond acceptors (Lipinski definition) is 7. The molecule has 0 saturated carbocycles. The Morgan fingerprint density at radius 2 is 1.48 bits per heavy atom. The van der Waals surface area contributed by atoms with Crippen molar-refractivity contribution in [1.82, 2.24) is 0 Å². The number of methoxy groups -OCH3 is 5. The van der Waals surface area contributed by atoms with E-state index in [9.17, 15) is 4.79 Å². The highest BCUT2D eigenvalue weighted by atomic mass is 16.6. The SMILES string of the molecule is COc1cccc(C2Oc3c(c(OC)c(OC)c(OC)c3OC)CC2=O)c1. The third-order valence-corrected chi connectivity index (χ3v) is 4.47. The average molecular weight is 374 g/mol. The summed E-state index contributed by atoms with van der Waals surface area (Å²) in [5.41, 5.74) is 1.26. The quantitative estimate of drug-likeness (QED) is 0.770. The maximum absolute atomic E-state index is 12.8. The summed E-state index contributed by atoms with van der Waals surface area (Å²) in [5, 5.41) is 0. The predicted octanol–water partition coefficient (Wildman–Crippen LogP) is 2.97. The topological polar surface area (TPSA) is 72.5 Å². The van der Waals surface area contributed by atoms with Gasteiger partial charge in [-0.2, -0.15) is 0 Å². The monoisotopic (exact) mass is 374 g/mol. The Morgan fingerprint density at radius 1 is 0.852 bits per heavy atom. The number of rotatable bonds is 6. The second kappa shape index (κ2) is 7.65. The Balaban J connectivity index is 2.17. The summed E-state index contributed by atoms with van der Waals surface area (Å²) in [6, 6.07) is 7.22. The van der Waals surface area contributed by atoms with E-state index in [2.05, 4.69) is 0 Å². The van der Waals surface area contributed by atoms with Crippen molar-refractivity contribution in [2.24, 2.45) is 0 Å². The molecular formula is C20H22O7. The van der Waals surface area contributed by atoms with E-state index in [0.717, 1.165) is 0 Å². The van der Waals surface area contributed by atoms with Crippen molar-refractivity contribution >= 4 is 5.78 Å². The lowest BCUT2D eigenvalue weighted by molar-refractivity contribution is -0.126. The lowest BCUT2D eigenvalue weighted by atomic mass is 9.94. The molecule has 0 amide bonds. The molecule has 1 unspecified atom stereocenters. The zero-order valence-electron chi connectivity index (χ0n) is 16.0. The van der Waals surface area contributed by atoms with Gasteiger partial charge in [-0.05, 0) is 12.1 Å². The molecule has 0 aliphatic carbocycles. The van der Waals surface area contributed by atoms with Crippen LogP contribution in [0.4, 0.5) is 0 Å². The molecule has 3 rings (SSSR count). The molecule has 2 aromatic rings. The molecule has 7 heteroatoms. The van der Waals surface area contributed by atoms with E-state index in [4.69, 9.17) is 28.4 Å². The molecule has 1 heterocycles. The van der Waals surface area contributed by atoms with Gasteiger partial charge in [-0.15, -0.1) is 0 Å². The predicted molar refractivity (Wildman–Crippen MR) is 97.7 cm³/mol. The molecule has 0 radical (unpaired) electrons. The number of ether oxygens (including phenoxy) is 6. The lowest BCUT2D eigenvalue weighted by Crippen LogP contribution is -2.27. The number of benzene rings is 2. The van der Waals surface area contributed by atoms with Gasteiger partial charge in [0.05, 0.1) is 41.1 Å². The largest absolute Gasteiger partial charge is 0.497 e. The summed E-state index contributed by atoms with van der Waals surface area (Å²) in [5.74, 6) is 2.38. The van der Waals surface area contributed by atoms with E-state index in [1.54, 1.807) is 13.2 Å². The fourth-order valence-corrected chi connectivity index (χ4v) is 3.25. The van der Waals surface area contributed by atoms with Crippen molar-refractivity contribution in [3.05, 3.63) is 35.4 Å². The fourth-order valence-electron chi connectivity index (χ4n) is 3.25. The van der Waals surface area contributed by atoms with Gasteiger partial charge in [-0.3, -0.25) is 4.79 Å². The molecule has 27 heavy (non-hydrogen) atoms. The van der Waals surface area contributed by atoms with Crippen molar-refractivity contribution < 1.29 is 33.2 Å². The van der Waals surface area contributed by atoms with Crippen molar-refractivity contribution in [2.75, 3.05) is 35.5 Å². The van der Waals surface area contributed by atoms with E-state index < -0.39 is 6.10 Å². The standard InChI is InChI=1S/C20H22O7/c1-22-12-8-6-7-11(9-12)15-14(21)10-13-16(23-2)18(24-3)20(26-5)19(25-4)17(13)27-15/h6-9,15H,10H2,1-5H3. The fraction of sp³-hybridized carbons (Fsp3) is 0.350. The molecule has 1 atom stereocenters. The minimum absolute atomic E-state index is 0.108. The van der Waals surface area contributed by atoms with Crippen molar-refractivity contribution in [2.45, 2.75) is 12.5 Å². The van der Waals surface area contributed by atoms with Gasteiger partial charge in [0.1, 0.15) is 5.75 Å². The Morgan fingerprint density at radius 3 is 2.07 bits per heavy atom. The van der Waals surface area contributed by atoms with Crippen molar-refractivity contribution in [1.29, 1.82) is 0 Å². The Labute approximate surface area is 157 Å². The van der Waals surface area contributed by atoms with Crippen LogP contribution in [0.25, 0.3) is 0 Å². The van der Waals surface area contributed by atoms with Crippen LogP contribution in [0.3, 0.4) is 0 Å². The lowest BCUT2D eigenvalue weighted by Gasteiger charge is -2.29.